The lowest BCUT2D eigenvalue weighted by atomic mass is 10.0. The first-order valence-electron chi connectivity index (χ1n) is 9.27. The lowest BCUT2D eigenvalue weighted by molar-refractivity contribution is -0.132. The Bertz CT molecular complexity index is 854. The number of nitrogens with one attached hydrogen (secondary N) is 3. The molecule has 2 unspecified atom stereocenters. The van der Waals surface area contributed by atoms with Gasteiger partial charge >= 0.3 is 6.18 Å². The molecule has 0 saturated carbocycles. The number of amides is 2. The molecule has 154 valence electrons. The molecule has 3 rings (SSSR count). The topological polar surface area (TPSA) is 70.2 Å². The van der Waals surface area contributed by atoms with Crippen molar-refractivity contribution in [2.45, 2.75) is 44.2 Å². The van der Waals surface area contributed by atoms with Gasteiger partial charge in [-0.05, 0) is 23.6 Å². The standard InChI is InChI=1S/C21H22F3N3O2/c1-13(15-9-7-14(8-10-15)12-21(22,23)24)25-20(29)17-11-18(28)27-19(26-17)16-5-3-2-4-6-16/h2-10,13,17,19,26H,11-12H2,1H3,(H,25,29)(H,27,28)/t13-,17?,19?/m1/s1. The number of alkyl halides is 3. The maximum absolute atomic E-state index is 12.7. The van der Waals surface area contributed by atoms with Crippen molar-refractivity contribution in [1.29, 1.82) is 0 Å². The predicted molar refractivity (Wildman–Crippen MR) is 102 cm³/mol. The summed E-state index contributed by atoms with van der Waals surface area (Å²) in [6.07, 6.45) is -5.71. The van der Waals surface area contributed by atoms with Crippen LogP contribution in [0.2, 0.25) is 0 Å². The molecule has 0 bridgehead atoms. The molecule has 29 heavy (non-hydrogen) atoms. The molecule has 3 N–H and O–H groups in total. The van der Waals surface area contributed by atoms with Crippen LogP contribution in [0.5, 0.6) is 0 Å². The summed E-state index contributed by atoms with van der Waals surface area (Å²) in [7, 11) is 0. The van der Waals surface area contributed by atoms with Gasteiger partial charge < -0.3 is 10.6 Å². The molecule has 1 aliphatic heterocycles. The Morgan fingerprint density at radius 3 is 2.41 bits per heavy atom. The van der Waals surface area contributed by atoms with Crippen molar-refractivity contribution < 1.29 is 22.8 Å². The zero-order valence-corrected chi connectivity index (χ0v) is 15.8. The maximum Gasteiger partial charge on any atom is 0.393 e. The highest BCUT2D eigenvalue weighted by Crippen LogP contribution is 2.23. The molecule has 1 fully saturated rings. The smallest absolute Gasteiger partial charge is 0.348 e. The summed E-state index contributed by atoms with van der Waals surface area (Å²) in [5.74, 6) is -0.574. The molecule has 1 aliphatic rings. The number of rotatable bonds is 5. The first-order chi connectivity index (χ1) is 13.7. The third-order valence-electron chi connectivity index (χ3n) is 4.76. The maximum atomic E-state index is 12.7. The van der Waals surface area contributed by atoms with Gasteiger partial charge in [0.25, 0.3) is 0 Å². The van der Waals surface area contributed by atoms with Crippen LogP contribution in [0.4, 0.5) is 13.2 Å². The SMILES string of the molecule is C[C@@H](NC(=O)C1CC(=O)NC(c2ccccc2)N1)c1ccc(CC(F)(F)F)cc1. The van der Waals surface area contributed by atoms with Crippen LogP contribution >= 0.6 is 0 Å². The summed E-state index contributed by atoms with van der Waals surface area (Å²) in [5, 5.41) is 8.75. The molecule has 0 spiro atoms. The minimum Gasteiger partial charge on any atom is -0.348 e. The first-order valence-corrected chi connectivity index (χ1v) is 9.27. The average molecular weight is 405 g/mol. The fourth-order valence-electron chi connectivity index (χ4n) is 3.25. The van der Waals surface area contributed by atoms with Crippen LogP contribution in [-0.4, -0.2) is 24.0 Å². The Balaban J connectivity index is 1.62. The van der Waals surface area contributed by atoms with Gasteiger partial charge in [0.2, 0.25) is 11.8 Å². The molecule has 0 aliphatic carbocycles. The zero-order valence-electron chi connectivity index (χ0n) is 15.8. The average Bonchev–Trinajstić information content (AvgIpc) is 2.67. The Labute approximate surface area is 166 Å². The van der Waals surface area contributed by atoms with E-state index in [2.05, 4.69) is 16.0 Å². The Morgan fingerprint density at radius 2 is 1.79 bits per heavy atom. The molecule has 1 saturated heterocycles. The minimum absolute atomic E-state index is 0.00636. The van der Waals surface area contributed by atoms with Gasteiger partial charge in [-0.2, -0.15) is 13.2 Å². The van der Waals surface area contributed by atoms with Gasteiger partial charge in [0.1, 0.15) is 6.17 Å². The molecule has 2 aromatic carbocycles. The summed E-state index contributed by atoms with van der Waals surface area (Å²) in [6, 6.07) is 14.1. The van der Waals surface area contributed by atoms with E-state index < -0.39 is 30.8 Å². The second-order valence-corrected chi connectivity index (χ2v) is 7.10. The van der Waals surface area contributed by atoms with Crippen molar-refractivity contribution in [3.63, 3.8) is 0 Å². The van der Waals surface area contributed by atoms with E-state index in [9.17, 15) is 22.8 Å². The molecule has 0 radical (unpaired) electrons. The normalized spacial score (nSPS) is 20.6. The van der Waals surface area contributed by atoms with E-state index >= 15 is 0 Å². The van der Waals surface area contributed by atoms with Crippen LogP contribution in [0, 0.1) is 0 Å². The van der Waals surface area contributed by atoms with Crippen molar-refractivity contribution >= 4 is 11.8 Å². The van der Waals surface area contributed by atoms with Crippen LogP contribution in [0.3, 0.4) is 0 Å². The third kappa shape index (κ3) is 5.80. The number of benzene rings is 2. The van der Waals surface area contributed by atoms with E-state index in [0.29, 0.717) is 5.56 Å². The molecule has 0 aromatic heterocycles. The number of halogens is 3. The van der Waals surface area contributed by atoms with Gasteiger partial charge in [-0.25, -0.2) is 0 Å². The van der Waals surface area contributed by atoms with E-state index in [1.165, 1.54) is 12.1 Å². The van der Waals surface area contributed by atoms with E-state index in [1.54, 1.807) is 19.1 Å². The highest BCUT2D eigenvalue weighted by Gasteiger charge is 2.32. The predicted octanol–water partition coefficient (Wildman–Crippen LogP) is 3.15. The quantitative estimate of drug-likeness (QED) is 0.716. The summed E-state index contributed by atoms with van der Waals surface area (Å²) in [5.41, 5.74) is 1.69. The third-order valence-corrected chi connectivity index (χ3v) is 4.76. The van der Waals surface area contributed by atoms with E-state index in [1.807, 2.05) is 30.3 Å². The van der Waals surface area contributed by atoms with Crippen molar-refractivity contribution in [2.75, 3.05) is 0 Å². The van der Waals surface area contributed by atoms with Crippen molar-refractivity contribution in [3.05, 3.63) is 71.3 Å². The zero-order chi connectivity index (χ0) is 21.0. The molecule has 2 amide bonds. The Morgan fingerprint density at radius 1 is 1.14 bits per heavy atom. The van der Waals surface area contributed by atoms with Crippen LogP contribution < -0.4 is 16.0 Å². The van der Waals surface area contributed by atoms with Gasteiger partial charge in [0.15, 0.2) is 0 Å². The van der Waals surface area contributed by atoms with E-state index in [-0.39, 0.29) is 23.8 Å². The summed E-state index contributed by atoms with van der Waals surface area (Å²) in [6.45, 7) is 1.74. The van der Waals surface area contributed by atoms with Gasteiger partial charge in [0.05, 0.1) is 24.9 Å². The largest absolute Gasteiger partial charge is 0.393 e. The van der Waals surface area contributed by atoms with Gasteiger partial charge in [-0.15, -0.1) is 0 Å². The molecular weight excluding hydrogens is 383 g/mol. The Hall–Kier alpha value is -2.87. The van der Waals surface area contributed by atoms with E-state index in [0.717, 1.165) is 5.56 Å². The highest BCUT2D eigenvalue weighted by atomic mass is 19.4. The summed E-state index contributed by atoms with van der Waals surface area (Å²) in [4.78, 5) is 24.7. The fraction of sp³-hybridized carbons (Fsp3) is 0.333. The minimum atomic E-state index is -4.26. The second-order valence-electron chi connectivity index (χ2n) is 7.10. The van der Waals surface area contributed by atoms with Gasteiger partial charge in [0, 0.05) is 0 Å². The molecule has 5 nitrogen and oxygen atoms in total. The van der Waals surface area contributed by atoms with Gasteiger partial charge in [-0.3, -0.25) is 14.9 Å². The van der Waals surface area contributed by atoms with Gasteiger partial charge in [-0.1, -0.05) is 54.6 Å². The molecular formula is C21H22F3N3O2. The number of carbonyl (C=O) groups is 2. The highest BCUT2D eigenvalue weighted by molar-refractivity contribution is 5.89. The first kappa shape index (κ1) is 20.9. The van der Waals surface area contributed by atoms with Crippen molar-refractivity contribution in [3.8, 4) is 0 Å². The van der Waals surface area contributed by atoms with Crippen LogP contribution in [0.25, 0.3) is 0 Å². The Kier molecular flexibility index (Phi) is 6.22. The number of hydrogen-bond donors (Lipinski definition) is 3. The summed E-state index contributed by atoms with van der Waals surface area (Å²) >= 11 is 0. The summed E-state index contributed by atoms with van der Waals surface area (Å²) < 4.78 is 37.4. The molecule has 8 heteroatoms. The van der Waals surface area contributed by atoms with Crippen molar-refractivity contribution in [2.24, 2.45) is 0 Å². The number of carbonyl (C=O) groups excluding carboxylic acids is 2. The van der Waals surface area contributed by atoms with Crippen molar-refractivity contribution in [1.82, 2.24) is 16.0 Å². The molecule has 1 heterocycles. The molecule has 2 aromatic rings. The van der Waals surface area contributed by atoms with Crippen LogP contribution in [0.1, 0.15) is 42.2 Å². The fourth-order valence-corrected chi connectivity index (χ4v) is 3.25. The lowest BCUT2D eigenvalue weighted by Crippen LogP contribution is -2.56. The van der Waals surface area contributed by atoms with Crippen LogP contribution in [-0.2, 0) is 16.0 Å². The monoisotopic (exact) mass is 405 g/mol. The van der Waals surface area contributed by atoms with Crippen LogP contribution in [0.15, 0.2) is 54.6 Å². The number of hydrogen-bond acceptors (Lipinski definition) is 3. The second kappa shape index (κ2) is 8.65. The molecule has 3 atom stereocenters. The lowest BCUT2D eigenvalue weighted by Gasteiger charge is -2.31. The van der Waals surface area contributed by atoms with E-state index in [4.69, 9.17) is 0 Å².